The highest BCUT2D eigenvalue weighted by Gasteiger charge is 2.19. The van der Waals surface area contributed by atoms with Crippen LogP contribution in [-0.4, -0.2) is 28.7 Å². The standard InChI is InChI=1S/C12H21N3O/c1-10(7-12(2,3)16-4)14-8-11-5-6-13-9-15-11/h5-6,9-10,14H,7-8H2,1-4H3. The van der Waals surface area contributed by atoms with Crippen LogP contribution < -0.4 is 5.32 Å². The van der Waals surface area contributed by atoms with Gasteiger partial charge in [-0.15, -0.1) is 0 Å². The van der Waals surface area contributed by atoms with E-state index >= 15 is 0 Å². The average molecular weight is 223 g/mol. The summed E-state index contributed by atoms with van der Waals surface area (Å²) < 4.78 is 5.39. The first-order chi connectivity index (χ1) is 7.53. The van der Waals surface area contributed by atoms with Crippen molar-refractivity contribution in [3.8, 4) is 0 Å². The van der Waals surface area contributed by atoms with Crippen LogP contribution in [0.4, 0.5) is 0 Å². The van der Waals surface area contributed by atoms with Crippen LogP contribution in [0.1, 0.15) is 32.9 Å². The molecule has 0 saturated heterocycles. The largest absolute Gasteiger partial charge is 0.379 e. The average Bonchev–Trinajstić information content (AvgIpc) is 2.27. The lowest BCUT2D eigenvalue weighted by Crippen LogP contribution is -2.35. The van der Waals surface area contributed by atoms with Crippen molar-refractivity contribution in [2.45, 2.75) is 45.4 Å². The lowest BCUT2D eigenvalue weighted by molar-refractivity contribution is 0.00842. The maximum atomic E-state index is 5.39. The summed E-state index contributed by atoms with van der Waals surface area (Å²) in [5.41, 5.74) is 0.926. The van der Waals surface area contributed by atoms with Crippen LogP contribution in [0.25, 0.3) is 0 Å². The van der Waals surface area contributed by atoms with Gasteiger partial charge in [0.1, 0.15) is 6.33 Å². The highest BCUT2D eigenvalue weighted by atomic mass is 16.5. The summed E-state index contributed by atoms with van der Waals surface area (Å²) >= 11 is 0. The zero-order valence-corrected chi connectivity index (χ0v) is 10.5. The van der Waals surface area contributed by atoms with Crippen molar-refractivity contribution in [2.75, 3.05) is 7.11 Å². The number of ether oxygens (including phenoxy) is 1. The third-order valence-corrected chi connectivity index (χ3v) is 2.63. The Kier molecular flexibility index (Phi) is 4.83. The number of aromatic nitrogens is 2. The number of hydrogen-bond donors (Lipinski definition) is 1. The maximum absolute atomic E-state index is 5.39. The second-order valence-corrected chi connectivity index (χ2v) is 4.65. The molecule has 16 heavy (non-hydrogen) atoms. The Morgan fingerprint density at radius 1 is 1.50 bits per heavy atom. The van der Waals surface area contributed by atoms with Crippen LogP contribution in [0, 0.1) is 0 Å². The number of nitrogens with zero attached hydrogens (tertiary/aromatic N) is 2. The first-order valence-corrected chi connectivity index (χ1v) is 5.57. The van der Waals surface area contributed by atoms with Gasteiger partial charge in [0.2, 0.25) is 0 Å². The summed E-state index contributed by atoms with van der Waals surface area (Å²) in [5, 5.41) is 3.42. The molecule has 0 aromatic carbocycles. The Morgan fingerprint density at radius 3 is 2.81 bits per heavy atom. The Labute approximate surface area is 97.5 Å². The van der Waals surface area contributed by atoms with Gasteiger partial charge in [-0.05, 0) is 33.3 Å². The molecule has 0 aliphatic heterocycles. The smallest absolute Gasteiger partial charge is 0.115 e. The van der Waals surface area contributed by atoms with Crippen molar-refractivity contribution in [1.82, 2.24) is 15.3 Å². The van der Waals surface area contributed by atoms with E-state index in [-0.39, 0.29) is 5.60 Å². The fraction of sp³-hybridized carbons (Fsp3) is 0.667. The highest BCUT2D eigenvalue weighted by molar-refractivity contribution is 4.97. The molecule has 90 valence electrons. The molecular formula is C12H21N3O. The zero-order chi connectivity index (χ0) is 12.0. The Bertz CT molecular complexity index is 300. The Morgan fingerprint density at radius 2 is 2.25 bits per heavy atom. The van der Waals surface area contributed by atoms with Gasteiger partial charge in [-0.25, -0.2) is 9.97 Å². The SMILES string of the molecule is COC(C)(C)CC(C)NCc1ccncn1. The molecule has 0 radical (unpaired) electrons. The van der Waals surface area contributed by atoms with Crippen molar-refractivity contribution in [3.63, 3.8) is 0 Å². The quantitative estimate of drug-likeness (QED) is 0.798. The molecule has 1 heterocycles. The molecule has 4 heteroatoms. The molecule has 0 fully saturated rings. The minimum absolute atomic E-state index is 0.0852. The van der Waals surface area contributed by atoms with E-state index < -0.39 is 0 Å². The van der Waals surface area contributed by atoms with Gasteiger partial charge in [0.15, 0.2) is 0 Å². The van der Waals surface area contributed by atoms with Crippen molar-refractivity contribution in [1.29, 1.82) is 0 Å². The highest BCUT2D eigenvalue weighted by Crippen LogP contribution is 2.15. The molecule has 0 saturated carbocycles. The van der Waals surface area contributed by atoms with Crippen LogP contribution in [0.5, 0.6) is 0 Å². The minimum Gasteiger partial charge on any atom is -0.379 e. The van der Waals surface area contributed by atoms with Crippen LogP contribution in [0.15, 0.2) is 18.6 Å². The summed E-state index contributed by atoms with van der Waals surface area (Å²) in [6, 6.07) is 2.31. The van der Waals surface area contributed by atoms with Gasteiger partial charge in [0.25, 0.3) is 0 Å². The summed E-state index contributed by atoms with van der Waals surface area (Å²) in [5.74, 6) is 0. The van der Waals surface area contributed by atoms with Crippen molar-refractivity contribution in [2.24, 2.45) is 0 Å². The van der Waals surface area contributed by atoms with E-state index in [2.05, 4.69) is 36.1 Å². The van der Waals surface area contributed by atoms with Crippen LogP contribution in [-0.2, 0) is 11.3 Å². The van der Waals surface area contributed by atoms with E-state index in [1.807, 2.05) is 6.07 Å². The molecule has 0 amide bonds. The normalized spacial score (nSPS) is 13.8. The molecule has 1 atom stereocenters. The maximum Gasteiger partial charge on any atom is 0.115 e. The number of methoxy groups -OCH3 is 1. The molecule has 1 unspecified atom stereocenters. The third-order valence-electron chi connectivity index (χ3n) is 2.63. The number of nitrogens with one attached hydrogen (secondary N) is 1. The number of hydrogen-bond acceptors (Lipinski definition) is 4. The van der Waals surface area contributed by atoms with Crippen molar-refractivity contribution < 1.29 is 4.74 Å². The summed E-state index contributed by atoms with van der Waals surface area (Å²) in [7, 11) is 1.75. The van der Waals surface area contributed by atoms with Crippen molar-refractivity contribution >= 4 is 0 Å². The lowest BCUT2D eigenvalue weighted by Gasteiger charge is -2.27. The third kappa shape index (κ3) is 4.68. The lowest BCUT2D eigenvalue weighted by atomic mass is 10.00. The van der Waals surface area contributed by atoms with E-state index in [9.17, 15) is 0 Å². The molecule has 4 nitrogen and oxygen atoms in total. The first-order valence-electron chi connectivity index (χ1n) is 5.57. The summed E-state index contributed by atoms with van der Waals surface area (Å²) in [4.78, 5) is 8.05. The second-order valence-electron chi connectivity index (χ2n) is 4.65. The van der Waals surface area contributed by atoms with Gasteiger partial charge in [-0.2, -0.15) is 0 Å². The molecule has 0 spiro atoms. The van der Waals surface area contributed by atoms with E-state index in [0.717, 1.165) is 18.7 Å². The zero-order valence-electron chi connectivity index (χ0n) is 10.5. The molecule has 1 aromatic heterocycles. The van der Waals surface area contributed by atoms with Crippen LogP contribution in [0.3, 0.4) is 0 Å². The van der Waals surface area contributed by atoms with E-state index in [4.69, 9.17) is 4.74 Å². The van der Waals surface area contributed by atoms with Gasteiger partial charge in [-0.1, -0.05) is 0 Å². The molecule has 0 bridgehead atoms. The molecule has 1 rings (SSSR count). The van der Waals surface area contributed by atoms with Gasteiger partial charge < -0.3 is 10.1 Å². The summed E-state index contributed by atoms with van der Waals surface area (Å²) in [6.07, 6.45) is 4.29. The first kappa shape index (κ1) is 13.1. The fourth-order valence-corrected chi connectivity index (χ4v) is 1.59. The Balaban J connectivity index is 2.33. The van der Waals surface area contributed by atoms with E-state index in [1.54, 1.807) is 19.6 Å². The molecule has 0 aliphatic rings. The monoisotopic (exact) mass is 223 g/mol. The number of rotatable bonds is 6. The van der Waals surface area contributed by atoms with Crippen molar-refractivity contribution in [3.05, 3.63) is 24.3 Å². The minimum atomic E-state index is -0.0852. The predicted octanol–water partition coefficient (Wildman–Crippen LogP) is 1.77. The summed E-state index contributed by atoms with van der Waals surface area (Å²) in [6.45, 7) is 7.11. The van der Waals surface area contributed by atoms with Gasteiger partial charge >= 0.3 is 0 Å². The molecular weight excluding hydrogens is 202 g/mol. The molecule has 0 aliphatic carbocycles. The van der Waals surface area contributed by atoms with Gasteiger partial charge in [-0.3, -0.25) is 0 Å². The van der Waals surface area contributed by atoms with E-state index in [0.29, 0.717) is 6.04 Å². The van der Waals surface area contributed by atoms with E-state index in [1.165, 1.54) is 0 Å². The van der Waals surface area contributed by atoms with Gasteiger partial charge in [0, 0.05) is 25.9 Å². The second kappa shape index (κ2) is 5.92. The molecule has 1 aromatic rings. The van der Waals surface area contributed by atoms with Crippen LogP contribution >= 0.6 is 0 Å². The van der Waals surface area contributed by atoms with Crippen LogP contribution in [0.2, 0.25) is 0 Å². The van der Waals surface area contributed by atoms with Gasteiger partial charge in [0.05, 0.1) is 11.3 Å². The Hall–Kier alpha value is -1.00. The predicted molar refractivity (Wildman–Crippen MR) is 64.0 cm³/mol. The molecule has 1 N–H and O–H groups in total. The topological polar surface area (TPSA) is 47.0 Å². The fourth-order valence-electron chi connectivity index (χ4n) is 1.59.